The molecule has 0 aliphatic carbocycles. The first kappa shape index (κ1) is 28.4. The maximum absolute atomic E-state index is 12.0. The molecule has 1 unspecified atom stereocenters. The smallest absolute Gasteiger partial charge is 0.321 e. The van der Waals surface area contributed by atoms with Crippen molar-refractivity contribution in [1.82, 2.24) is 25.3 Å². The van der Waals surface area contributed by atoms with E-state index in [4.69, 9.17) is 9.88 Å². The molecular formula is C28H28N6O5S2. The third kappa shape index (κ3) is 7.52. The summed E-state index contributed by atoms with van der Waals surface area (Å²) in [5, 5.41) is 26.8. The molecule has 0 radical (unpaired) electrons. The topological polar surface area (TPSA) is 162 Å². The van der Waals surface area contributed by atoms with E-state index in [0.29, 0.717) is 41.0 Å². The van der Waals surface area contributed by atoms with Crippen molar-refractivity contribution in [3.8, 4) is 5.75 Å². The van der Waals surface area contributed by atoms with E-state index in [9.17, 15) is 18.3 Å². The summed E-state index contributed by atoms with van der Waals surface area (Å²) in [6, 6.07) is 23.5. The Balaban J connectivity index is 1.28. The molecule has 0 aliphatic rings. The molecule has 4 N–H and O–H groups in total. The molecule has 0 saturated carbocycles. The second kappa shape index (κ2) is 12.6. The van der Waals surface area contributed by atoms with Crippen LogP contribution in [0.1, 0.15) is 22.9 Å². The number of primary sulfonamides is 1. The van der Waals surface area contributed by atoms with Crippen LogP contribution in [-0.4, -0.2) is 52.1 Å². The van der Waals surface area contributed by atoms with Crippen molar-refractivity contribution in [2.45, 2.75) is 35.9 Å². The van der Waals surface area contributed by atoms with Crippen molar-refractivity contribution in [3.63, 3.8) is 0 Å². The number of nitrogens with zero attached hydrogens (tertiary/aromatic N) is 4. The summed E-state index contributed by atoms with van der Waals surface area (Å²) in [5.74, 6) is -0.404. The number of sulfonamides is 1. The number of carbonyl (C=O) groups is 1. The van der Waals surface area contributed by atoms with Gasteiger partial charge in [0.25, 0.3) is 10.0 Å². The standard InChI is InChI=1S/C28H28N6O5S2/c29-41(37,38)28-31-24-12-11-23(15-26(24)40-28)39-18-21-17-34(33-32-21)22(13-19-7-3-1-4-8-19)16-30-25(27(35)36)14-20-9-5-2-6-10-20/h1-12,15,17,22,25,30H,13-14,16,18H2,(H,35,36)(H2,29,37,38)/t22-,25?/m1/s1. The highest BCUT2D eigenvalue weighted by atomic mass is 32.2. The Hall–Kier alpha value is -4.17. The van der Waals surface area contributed by atoms with Gasteiger partial charge in [-0.05, 0) is 42.2 Å². The lowest BCUT2D eigenvalue weighted by atomic mass is 10.0. The van der Waals surface area contributed by atoms with E-state index in [-0.39, 0.29) is 17.0 Å². The Morgan fingerprint density at radius 1 is 1.02 bits per heavy atom. The Morgan fingerprint density at radius 3 is 2.37 bits per heavy atom. The van der Waals surface area contributed by atoms with E-state index in [2.05, 4.69) is 20.6 Å². The van der Waals surface area contributed by atoms with Crippen molar-refractivity contribution in [3.05, 3.63) is 102 Å². The Morgan fingerprint density at radius 2 is 1.71 bits per heavy atom. The molecular weight excluding hydrogens is 564 g/mol. The SMILES string of the molecule is NS(=O)(=O)c1nc2ccc(OCc3cn([C@@H](CNC(Cc4ccccc4)C(=O)O)Cc4ccccc4)nn3)cc2s1. The molecule has 2 aromatic heterocycles. The molecule has 11 nitrogen and oxygen atoms in total. The van der Waals surface area contributed by atoms with E-state index < -0.39 is 22.0 Å². The van der Waals surface area contributed by atoms with Gasteiger partial charge < -0.3 is 15.2 Å². The zero-order chi connectivity index (χ0) is 28.8. The molecule has 5 rings (SSSR count). The van der Waals surface area contributed by atoms with E-state index >= 15 is 0 Å². The summed E-state index contributed by atoms with van der Waals surface area (Å²) in [4.78, 5) is 16.1. The molecule has 0 fully saturated rings. The fourth-order valence-corrected chi connectivity index (χ4v) is 6.02. The molecule has 3 aromatic carbocycles. The first-order valence-corrected chi connectivity index (χ1v) is 15.1. The van der Waals surface area contributed by atoms with E-state index in [1.807, 2.05) is 60.7 Å². The van der Waals surface area contributed by atoms with Crippen molar-refractivity contribution in [1.29, 1.82) is 0 Å². The lowest BCUT2D eigenvalue weighted by Crippen LogP contribution is -2.42. The molecule has 0 amide bonds. The number of ether oxygens (including phenoxy) is 1. The van der Waals surface area contributed by atoms with Crippen LogP contribution in [0, 0.1) is 0 Å². The number of benzene rings is 3. The summed E-state index contributed by atoms with van der Waals surface area (Å²) in [7, 11) is -3.88. The zero-order valence-electron chi connectivity index (χ0n) is 21.8. The molecule has 0 aliphatic heterocycles. The monoisotopic (exact) mass is 592 g/mol. The molecule has 0 spiro atoms. The number of carboxylic acid groups (broad SMARTS) is 1. The highest BCUT2D eigenvalue weighted by Gasteiger charge is 2.22. The van der Waals surface area contributed by atoms with Gasteiger partial charge in [-0.25, -0.2) is 23.2 Å². The maximum Gasteiger partial charge on any atom is 0.321 e. The van der Waals surface area contributed by atoms with Crippen molar-refractivity contribution in [2.24, 2.45) is 5.14 Å². The second-order valence-electron chi connectivity index (χ2n) is 9.47. The molecule has 41 heavy (non-hydrogen) atoms. The van der Waals surface area contributed by atoms with Crippen LogP contribution < -0.4 is 15.2 Å². The van der Waals surface area contributed by atoms with Crippen LogP contribution in [0.25, 0.3) is 10.2 Å². The van der Waals surface area contributed by atoms with Crippen LogP contribution in [0.2, 0.25) is 0 Å². The second-order valence-corrected chi connectivity index (χ2v) is 12.2. The van der Waals surface area contributed by atoms with Crippen molar-refractivity contribution in [2.75, 3.05) is 6.54 Å². The number of carboxylic acids is 1. The van der Waals surface area contributed by atoms with E-state index in [1.54, 1.807) is 29.1 Å². The summed E-state index contributed by atoms with van der Waals surface area (Å²) in [5.41, 5.74) is 3.11. The molecule has 5 aromatic rings. The van der Waals surface area contributed by atoms with E-state index in [1.165, 1.54) is 0 Å². The minimum Gasteiger partial charge on any atom is -0.487 e. The molecule has 2 atom stereocenters. The fourth-order valence-electron chi connectivity index (χ4n) is 4.33. The summed E-state index contributed by atoms with van der Waals surface area (Å²) in [6.45, 7) is 0.486. The van der Waals surface area contributed by atoms with Gasteiger partial charge in [0.05, 0.1) is 22.5 Å². The predicted molar refractivity (Wildman–Crippen MR) is 154 cm³/mol. The Labute approximate surface area is 240 Å². The normalized spacial score (nSPS) is 13.2. The van der Waals surface area contributed by atoms with Gasteiger partial charge in [0.15, 0.2) is 0 Å². The minimum absolute atomic E-state index is 0.129. The number of aromatic nitrogens is 4. The number of thiazole rings is 1. The summed E-state index contributed by atoms with van der Waals surface area (Å²) >= 11 is 0.974. The van der Waals surface area contributed by atoms with Gasteiger partial charge in [0, 0.05) is 6.54 Å². The lowest BCUT2D eigenvalue weighted by molar-refractivity contribution is -0.139. The van der Waals surface area contributed by atoms with Gasteiger partial charge in [0.1, 0.15) is 24.1 Å². The van der Waals surface area contributed by atoms with Crippen LogP contribution in [0.3, 0.4) is 0 Å². The van der Waals surface area contributed by atoms with Gasteiger partial charge in [-0.3, -0.25) is 4.79 Å². The van der Waals surface area contributed by atoms with Crippen LogP contribution >= 0.6 is 11.3 Å². The quantitative estimate of drug-likeness (QED) is 0.186. The number of hydrogen-bond donors (Lipinski definition) is 3. The largest absolute Gasteiger partial charge is 0.487 e. The fraction of sp³-hybridized carbons (Fsp3) is 0.214. The van der Waals surface area contributed by atoms with Gasteiger partial charge in [-0.15, -0.1) is 16.4 Å². The average Bonchev–Trinajstić information content (AvgIpc) is 3.61. The number of hydrogen-bond acceptors (Lipinski definition) is 9. The Bertz CT molecular complexity index is 1720. The third-order valence-corrected chi connectivity index (χ3v) is 8.73. The third-order valence-electron chi connectivity index (χ3n) is 6.40. The van der Waals surface area contributed by atoms with Gasteiger partial charge >= 0.3 is 5.97 Å². The maximum atomic E-state index is 12.0. The van der Waals surface area contributed by atoms with Crippen molar-refractivity contribution >= 4 is 37.5 Å². The van der Waals surface area contributed by atoms with Crippen LogP contribution in [0.15, 0.2) is 89.4 Å². The molecule has 0 saturated heterocycles. The van der Waals surface area contributed by atoms with Crippen molar-refractivity contribution < 1.29 is 23.1 Å². The molecule has 0 bridgehead atoms. The highest BCUT2D eigenvalue weighted by Crippen LogP contribution is 2.28. The Kier molecular flexibility index (Phi) is 8.69. The zero-order valence-corrected chi connectivity index (χ0v) is 23.5. The molecule has 2 heterocycles. The number of fused-ring (bicyclic) bond motifs is 1. The number of nitrogens with one attached hydrogen (secondary N) is 1. The number of aliphatic carboxylic acids is 1. The van der Waals surface area contributed by atoms with Gasteiger partial charge in [-0.2, -0.15) is 0 Å². The average molecular weight is 593 g/mol. The molecule has 212 valence electrons. The van der Waals surface area contributed by atoms with Crippen LogP contribution in [-0.2, 0) is 34.3 Å². The van der Waals surface area contributed by atoms with Crippen LogP contribution in [0.5, 0.6) is 5.75 Å². The first-order valence-electron chi connectivity index (χ1n) is 12.8. The minimum atomic E-state index is -3.88. The van der Waals surface area contributed by atoms with Gasteiger partial charge in [-0.1, -0.05) is 65.9 Å². The molecule has 13 heteroatoms. The predicted octanol–water partition coefficient (Wildman–Crippen LogP) is 3.18. The summed E-state index contributed by atoms with van der Waals surface area (Å²) in [6.07, 6.45) is 2.75. The highest BCUT2D eigenvalue weighted by molar-refractivity contribution is 7.91. The van der Waals surface area contributed by atoms with Crippen LogP contribution in [0.4, 0.5) is 0 Å². The number of nitrogens with two attached hydrogens (primary N) is 1. The number of rotatable bonds is 13. The lowest BCUT2D eigenvalue weighted by Gasteiger charge is -2.21. The summed E-state index contributed by atoms with van der Waals surface area (Å²) < 4.78 is 31.3. The van der Waals surface area contributed by atoms with E-state index in [0.717, 1.165) is 22.5 Å². The van der Waals surface area contributed by atoms with Gasteiger partial charge in [0.2, 0.25) is 4.34 Å². The first-order chi connectivity index (χ1) is 19.7.